The Morgan fingerprint density at radius 2 is 1.93 bits per heavy atom. The van der Waals surface area contributed by atoms with Crippen LogP contribution in [0.2, 0.25) is 12.0 Å². The molecule has 0 aliphatic heterocycles. The molecule has 9 radical (unpaired) electrons. The summed E-state index contributed by atoms with van der Waals surface area (Å²) >= 11 is 1.88. The number of fused-ring (bicyclic) bond motifs is 1. The molecule has 7 heteroatoms. The highest BCUT2D eigenvalue weighted by Crippen LogP contribution is 2.47. The average molecular weight is 452 g/mol. The van der Waals surface area contributed by atoms with Crippen LogP contribution in [0.1, 0.15) is 23.6 Å². The van der Waals surface area contributed by atoms with E-state index in [1.54, 1.807) is 13.0 Å². The third kappa shape index (κ3) is 3.85. The van der Waals surface area contributed by atoms with Gasteiger partial charge in [-0.1, -0.05) is 66.3 Å². The normalized spacial score (nSPS) is 13.4. The fourth-order valence-corrected chi connectivity index (χ4v) is 3.95. The summed E-state index contributed by atoms with van der Waals surface area (Å²) in [6.07, 6.45) is 0.584. The Labute approximate surface area is 182 Å². The summed E-state index contributed by atoms with van der Waals surface area (Å²) in [5.74, 6) is 0.798. The summed E-state index contributed by atoms with van der Waals surface area (Å²) in [5.41, 5.74) is 7.79. The second kappa shape index (κ2) is 7.65. The van der Waals surface area contributed by atoms with Crippen molar-refractivity contribution in [3.8, 4) is 5.75 Å². The van der Waals surface area contributed by atoms with Crippen molar-refractivity contribution in [1.29, 1.82) is 0 Å². The van der Waals surface area contributed by atoms with Crippen molar-refractivity contribution >= 4 is 89.2 Å². The van der Waals surface area contributed by atoms with Gasteiger partial charge in [0.05, 0.1) is 15.7 Å². The van der Waals surface area contributed by atoms with Crippen molar-refractivity contribution in [2.24, 2.45) is 0 Å². The Balaban J connectivity index is 2.19. The molecule has 1 nitrogen and oxygen atoms in total. The zero-order chi connectivity index (χ0) is 19.9. The molecule has 0 fully saturated rings. The second-order valence-electron chi connectivity index (χ2n) is 7.05. The predicted molar refractivity (Wildman–Crippen MR) is 129 cm³/mol. The maximum Gasteiger partial charge on any atom is 0.192 e. The SMILES string of the molecule is [B]c1cc([B])c2c(c1)C(C(=C)c1ccc(OI)c([B]C)c1)=C(C([B])([B])C)C2. The van der Waals surface area contributed by atoms with Crippen LogP contribution in [0.3, 0.4) is 0 Å². The van der Waals surface area contributed by atoms with Gasteiger partial charge in [0, 0.05) is 0 Å². The Morgan fingerprint density at radius 1 is 1.22 bits per heavy atom. The molecule has 0 N–H and O–H groups in total. The third-order valence-electron chi connectivity index (χ3n) is 4.94. The zero-order valence-electron chi connectivity index (χ0n) is 15.5. The number of benzene rings is 2. The Kier molecular flexibility index (Phi) is 5.81. The summed E-state index contributed by atoms with van der Waals surface area (Å²) in [4.78, 5) is 0. The average Bonchev–Trinajstić information content (AvgIpc) is 3.00. The first kappa shape index (κ1) is 20.5. The molecule has 0 heterocycles. The van der Waals surface area contributed by atoms with Crippen LogP contribution in [0, 0.1) is 0 Å². The largest absolute Gasteiger partial charge is 0.428 e. The first-order valence-corrected chi connectivity index (χ1v) is 9.46. The molecular formula is C20H15B5IO. The summed E-state index contributed by atoms with van der Waals surface area (Å²) < 4.78 is 5.38. The van der Waals surface area contributed by atoms with Crippen molar-refractivity contribution in [2.45, 2.75) is 25.4 Å². The van der Waals surface area contributed by atoms with Crippen LogP contribution in [0.25, 0.3) is 11.1 Å². The number of rotatable bonds is 5. The van der Waals surface area contributed by atoms with E-state index in [1.165, 1.54) is 0 Å². The van der Waals surface area contributed by atoms with E-state index in [9.17, 15) is 0 Å². The Morgan fingerprint density at radius 3 is 2.52 bits per heavy atom. The van der Waals surface area contributed by atoms with Crippen LogP contribution in [0.15, 0.2) is 42.5 Å². The Hall–Kier alpha value is -1.23. The minimum atomic E-state index is -0.997. The molecule has 3 rings (SSSR count). The lowest BCUT2D eigenvalue weighted by molar-refractivity contribution is 0.723. The van der Waals surface area contributed by atoms with Gasteiger partial charge in [-0.3, -0.25) is 0 Å². The van der Waals surface area contributed by atoms with Crippen molar-refractivity contribution in [3.63, 3.8) is 0 Å². The van der Waals surface area contributed by atoms with Gasteiger partial charge in [-0.2, -0.15) is 0 Å². The van der Waals surface area contributed by atoms with E-state index in [0.29, 0.717) is 17.3 Å². The molecule has 1 aliphatic rings. The lowest BCUT2D eigenvalue weighted by Crippen LogP contribution is -2.19. The Bertz CT molecular complexity index is 960. The molecule has 27 heavy (non-hydrogen) atoms. The van der Waals surface area contributed by atoms with Gasteiger partial charge >= 0.3 is 0 Å². The maximum atomic E-state index is 6.30. The van der Waals surface area contributed by atoms with E-state index in [-0.39, 0.29) is 0 Å². The number of hydrogen-bond acceptors (Lipinski definition) is 1. The molecule has 0 unspecified atom stereocenters. The van der Waals surface area contributed by atoms with Gasteiger partial charge in [0.2, 0.25) is 0 Å². The van der Waals surface area contributed by atoms with Gasteiger partial charge in [0.15, 0.2) is 30.3 Å². The molecular weight excluding hydrogens is 437 g/mol. The smallest absolute Gasteiger partial charge is 0.192 e. The van der Waals surface area contributed by atoms with E-state index in [0.717, 1.165) is 44.6 Å². The predicted octanol–water partition coefficient (Wildman–Crippen LogP) is 1.88. The number of halogens is 1. The maximum absolute atomic E-state index is 6.30. The van der Waals surface area contributed by atoms with Crippen molar-refractivity contribution in [3.05, 3.63) is 59.2 Å². The fraction of sp³-hybridized carbons (Fsp3) is 0.200. The van der Waals surface area contributed by atoms with E-state index >= 15 is 0 Å². The van der Waals surface area contributed by atoms with Crippen LogP contribution in [0.4, 0.5) is 0 Å². The molecule has 0 spiro atoms. The topological polar surface area (TPSA) is 9.23 Å². The van der Waals surface area contributed by atoms with E-state index < -0.39 is 5.21 Å². The highest BCUT2D eigenvalue weighted by Gasteiger charge is 2.31. The summed E-state index contributed by atoms with van der Waals surface area (Å²) in [5, 5.41) is -0.997. The number of allylic oxidation sites excluding steroid dienone is 3. The molecule has 0 aromatic heterocycles. The first-order chi connectivity index (χ1) is 12.7. The van der Waals surface area contributed by atoms with Gasteiger partial charge in [-0.15, -0.1) is 0 Å². The van der Waals surface area contributed by atoms with Gasteiger partial charge in [0.1, 0.15) is 21.4 Å². The monoisotopic (exact) mass is 453 g/mol. The highest BCUT2D eigenvalue weighted by atomic mass is 127. The van der Waals surface area contributed by atoms with Crippen molar-refractivity contribution in [1.82, 2.24) is 0 Å². The lowest BCUT2D eigenvalue weighted by Gasteiger charge is -2.25. The van der Waals surface area contributed by atoms with Crippen LogP contribution < -0.4 is 19.5 Å². The number of hydrogen-bond donors (Lipinski definition) is 0. The minimum Gasteiger partial charge on any atom is -0.428 e. The van der Waals surface area contributed by atoms with E-state index in [4.69, 9.17) is 34.5 Å². The molecule has 2 aromatic carbocycles. The molecule has 1 aliphatic carbocycles. The quantitative estimate of drug-likeness (QED) is 0.498. The van der Waals surface area contributed by atoms with E-state index in [2.05, 4.69) is 6.58 Å². The van der Waals surface area contributed by atoms with Gasteiger partial charge in [-0.05, 0) is 45.8 Å². The van der Waals surface area contributed by atoms with Crippen LogP contribution in [-0.4, -0.2) is 38.7 Å². The molecule has 0 amide bonds. The second-order valence-corrected chi connectivity index (χ2v) is 7.49. The summed E-state index contributed by atoms with van der Waals surface area (Å²) in [6.45, 7) is 8.11. The molecule has 0 bridgehead atoms. The molecule has 0 atom stereocenters. The van der Waals surface area contributed by atoms with Gasteiger partial charge in [0.25, 0.3) is 0 Å². The van der Waals surface area contributed by atoms with E-state index in [1.807, 2.05) is 61.4 Å². The molecule has 0 saturated carbocycles. The van der Waals surface area contributed by atoms with Gasteiger partial charge < -0.3 is 3.07 Å². The molecule has 123 valence electrons. The van der Waals surface area contributed by atoms with Crippen molar-refractivity contribution in [2.75, 3.05) is 0 Å². The molecule has 0 saturated heterocycles. The van der Waals surface area contributed by atoms with Gasteiger partial charge in [-0.25, -0.2) is 0 Å². The minimum absolute atomic E-state index is 0.584. The highest BCUT2D eigenvalue weighted by molar-refractivity contribution is 14.1. The fourth-order valence-electron chi connectivity index (χ4n) is 3.55. The van der Waals surface area contributed by atoms with Crippen LogP contribution in [-0.2, 0) is 6.42 Å². The summed E-state index contributed by atoms with van der Waals surface area (Å²) in [7, 11) is 26.9. The third-order valence-corrected chi connectivity index (χ3v) is 5.41. The molecule has 2 aromatic rings. The van der Waals surface area contributed by atoms with Crippen LogP contribution in [0.5, 0.6) is 5.75 Å². The van der Waals surface area contributed by atoms with Crippen LogP contribution >= 0.6 is 23.0 Å². The zero-order valence-corrected chi connectivity index (χ0v) is 17.6. The lowest BCUT2D eigenvalue weighted by atomic mass is 9.51. The van der Waals surface area contributed by atoms with Crippen molar-refractivity contribution < 1.29 is 3.07 Å². The first-order valence-electron chi connectivity index (χ1n) is 8.58. The summed E-state index contributed by atoms with van der Waals surface area (Å²) in [6, 6.07) is 9.63. The standard InChI is InChI=1S/C20H15B5IO/c1-10(11-4-5-18(27-26)17(6-11)25-3)19-14-7-12(21)8-16(22)13(14)9-15(19)20(2,23)24/h4-8H,1,9H2,2-3H3.